The number of alkyl halides is 3. The summed E-state index contributed by atoms with van der Waals surface area (Å²) in [5.41, 5.74) is -0.287. The summed E-state index contributed by atoms with van der Waals surface area (Å²) in [7, 11) is -3.41. The van der Waals surface area contributed by atoms with E-state index in [1.807, 2.05) is 4.90 Å². The van der Waals surface area contributed by atoms with Crippen molar-refractivity contribution in [2.45, 2.75) is 19.0 Å². The van der Waals surface area contributed by atoms with Crippen LogP contribution in [0.4, 0.5) is 19.0 Å². The van der Waals surface area contributed by atoms with Crippen molar-refractivity contribution in [1.82, 2.24) is 19.0 Å². The van der Waals surface area contributed by atoms with E-state index in [0.29, 0.717) is 49.4 Å². The van der Waals surface area contributed by atoms with Gasteiger partial charge in [0.15, 0.2) is 0 Å². The first-order valence-electron chi connectivity index (χ1n) is 9.06. The first-order chi connectivity index (χ1) is 13.2. The molecule has 152 valence electrons. The van der Waals surface area contributed by atoms with Crippen molar-refractivity contribution in [2.24, 2.45) is 5.92 Å². The van der Waals surface area contributed by atoms with E-state index in [9.17, 15) is 21.6 Å². The average Bonchev–Trinajstić information content (AvgIpc) is 2.98. The van der Waals surface area contributed by atoms with Crippen molar-refractivity contribution >= 4 is 26.9 Å². The molecule has 1 atom stereocenters. The summed E-state index contributed by atoms with van der Waals surface area (Å²) in [6, 6.07) is 3.46. The molecule has 11 heteroatoms. The van der Waals surface area contributed by atoms with Gasteiger partial charge in [0, 0.05) is 38.1 Å². The SMILES string of the molecule is O=S1(=O)NCCN1CC1CCCN(c2ncnc3ccc(C(F)(F)F)cc23)C1. The quantitative estimate of drug-likeness (QED) is 0.830. The van der Waals surface area contributed by atoms with Gasteiger partial charge in [-0.1, -0.05) is 0 Å². The molecule has 1 aromatic carbocycles. The molecule has 2 aliphatic rings. The summed E-state index contributed by atoms with van der Waals surface area (Å²) in [5, 5.41) is 0.355. The summed E-state index contributed by atoms with van der Waals surface area (Å²) in [6.07, 6.45) is -1.41. The van der Waals surface area contributed by atoms with E-state index in [0.717, 1.165) is 25.0 Å². The van der Waals surface area contributed by atoms with Crippen LogP contribution in [0.3, 0.4) is 0 Å². The second-order valence-electron chi connectivity index (χ2n) is 7.14. The number of benzene rings is 1. The molecular weight excluding hydrogens is 395 g/mol. The van der Waals surface area contributed by atoms with Crippen molar-refractivity contribution in [3.8, 4) is 0 Å². The van der Waals surface area contributed by atoms with Crippen molar-refractivity contribution in [1.29, 1.82) is 0 Å². The van der Waals surface area contributed by atoms with Crippen LogP contribution in [0, 0.1) is 5.92 Å². The third-order valence-electron chi connectivity index (χ3n) is 5.21. The van der Waals surface area contributed by atoms with Gasteiger partial charge in [-0.15, -0.1) is 0 Å². The number of fused-ring (bicyclic) bond motifs is 1. The fourth-order valence-corrected chi connectivity index (χ4v) is 5.14. The molecule has 0 radical (unpaired) electrons. The fourth-order valence-electron chi connectivity index (χ4n) is 3.87. The zero-order valence-corrected chi connectivity index (χ0v) is 15.8. The maximum atomic E-state index is 13.1. The Kier molecular flexibility index (Phi) is 4.92. The number of piperidine rings is 1. The minimum atomic E-state index is -4.44. The highest BCUT2D eigenvalue weighted by atomic mass is 32.2. The van der Waals surface area contributed by atoms with Gasteiger partial charge < -0.3 is 4.90 Å². The molecule has 0 saturated carbocycles. The molecule has 0 spiro atoms. The van der Waals surface area contributed by atoms with Crippen LogP contribution in [-0.2, 0) is 16.4 Å². The van der Waals surface area contributed by atoms with Crippen LogP contribution in [0.5, 0.6) is 0 Å². The Morgan fingerprint density at radius 3 is 2.75 bits per heavy atom. The first kappa shape index (κ1) is 19.3. The van der Waals surface area contributed by atoms with Gasteiger partial charge in [-0.05, 0) is 37.0 Å². The minimum absolute atomic E-state index is 0.0826. The lowest BCUT2D eigenvalue weighted by Gasteiger charge is -2.35. The molecular formula is C17H20F3N5O2S. The van der Waals surface area contributed by atoms with Crippen LogP contribution in [-0.4, -0.2) is 55.4 Å². The molecule has 1 aromatic heterocycles. The van der Waals surface area contributed by atoms with Crippen LogP contribution < -0.4 is 9.62 Å². The third kappa shape index (κ3) is 3.78. The molecule has 1 unspecified atom stereocenters. The Bertz CT molecular complexity index is 982. The third-order valence-corrected chi connectivity index (χ3v) is 6.79. The Balaban J connectivity index is 1.60. The molecule has 4 rings (SSSR count). The number of aromatic nitrogens is 2. The van der Waals surface area contributed by atoms with E-state index >= 15 is 0 Å². The predicted octanol–water partition coefficient (Wildman–Crippen LogP) is 2.01. The van der Waals surface area contributed by atoms with Gasteiger partial charge in [-0.2, -0.15) is 25.9 Å². The molecule has 0 bridgehead atoms. The van der Waals surface area contributed by atoms with Crippen molar-refractivity contribution in [3.63, 3.8) is 0 Å². The number of nitrogens with one attached hydrogen (secondary N) is 1. The van der Waals surface area contributed by atoms with E-state index in [2.05, 4.69) is 14.7 Å². The molecule has 2 aromatic rings. The Morgan fingerprint density at radius 2 is 2.04 bits per heavy atom. The number of halogens is 3. The maximum Gasteiger partial charge on any atom is 0.416 e. The molecule has 0 aliphatic carbocycles. The Morgan fingerprint density at radius 1 is 1.21 bits per heavy atom. The number of nitrogens with zero attached hydrogens (tertiary/aromatic N) is 4. The topological polar surface area (TPSA) is 78.4 Å². The molecule has 28 heavy (non-hydrogen) atoms. The second-order valence-corrected chi connectivity index (χ2v) is 8.89. The average molecular weight is 415 g/mol. The lowest BCUT2D eigenvalue weighted by molar-refractivity contribution is -0.137. The van der Waals surface area contributed by atoms with E-state index in [4.69, 9.17) is 0 Å². The highest BCUT2D eigenvalue weighted by Gasteiger charge is 2.33. The van der Waals surface area contributed by atoms with Gasteiger partial charge in [0.05, 0.1) is 11.1 Å². The van der Waals surface area contributed by atoms with Crippen LogP contribution in [0.25, 0.3) is 10.9 Å². The van der Waals surface area contributed by atoms with Gasteiger partial charge in [0.1, 0.15) is 12.1 Å². The lowest BCUT2D eigenvalue weighted by Crippen LogP contribution is -2.42. The monoisotopic (exact) mass is 415 g/mol. The fraction of sp³-hybridized carbons (Fsp3) is 0.529. The first-order valence-corrected chi connectivity index (χ1v) is 10.5. The second kappa shape index (κ2) is 7.12. The van der Waals surface area contributed by atoms with Crippen LogP contribution in [0.1, 0.15) is 18.4 Å². The van der Waals surface area contributed by atoms with Crippen LogP contribution >= 0.6 is 0 Å². The van der Waals surface area contributed by atoms with Crippen LogP contribution in [0.2, 0.25) is 0 Å². The van der Waals surface area contributed by atoms with Crippen molar-refractivity contribution in [3.05, 3.63) is 30.1 Å². The lowest BCUT2D eigenvalue weighted by atomic mass is 9.97. The molecule has 3 heterocycles. The number of hydrogen-bond acceptors (Lipinski definition) is 5. The summed E-state index contributed by atoms with van der Waals surface area (Å²) < 4.78 is 67.2. The van der Waals surface area contributed by atoms with Crippen molar-refractivity contribution in [2.75, 3.05) is 37.6 Å². The number of anilines is 1. The van der Waals surface area contributed by atoms with Gasteiger partial charge in [-0.25, -0.2) is 14.7 Å². The summed E-state index contributed by atoms with van der Waals surface area (Å²) in [4.78, 5) is 10.3. The maximum absolute atomic E-state index is 13.1. The van der Waals surface area contributed by atoms with Crippen molar-refractivity contribution < 1.29 is 21.6 Å². The Labute approximate surface area is 160 Å². The van der Waals surface area contributed by atoms with Gasteiger partial charge in [-0.3, -0.25) is 0 Å². The van der Waals surface area contributed by atoms with Gasteiger partial charge in [0.2, 0.25) is 0 Å². The summed E-state index contributed by atoms with van der Waals surface area (Å²) in [6.45, 7) is 2.42. The molecule has 2 aliphatic heterocycles. The number of hydrogen-bond donors (Lipinski definition) is 1. The Hall–Kier alpha value is -1.98. The van der Waals surface area contributed by atoms with E-state index < -0.39 is 21.9 Å². The molecule has 7 nitrogen and oxygen atoms in total. The molecule has 0 amide bonds. The minimum Gasteiger partial charge on any atom is -0.356 e. The van der Waals surface area contributed by atoms with E-state index in [-0.39, 0.29) is 5.92 Å². The standard InChI is InChI=1S/C17H20F3N5O2S/c18-17(19,20)13-3-4-15-14(8-13)16(22-11-21-15)24-6-1-2-12(9-24)10-25-7-5-23-28(25,26)27/h3-4,8,11-12,23H,1-2,5-7,9-10H2. The highest BCUT2D eigenvalue weighted by molar-refractivity contribution is 7.87. The highest BCUT2D eigenvalue weighted by Crippen LogP contribution is 2.34. The zero-order chi connectivity index (χ0) is 19.9. The summed E-state index contributed by atoms with van der Waals surface area (Å²) >= 11 is 0. The van der Waals surface area contributed by atoms with E-state index in [1.165, 1.54) is 16.7 Å². The molecule has 2 saturated heterocycles. The van der Waals surface area contributed by atoms with Gasteiger partial charge in [0.25, 0.3) is 10.2 Å². The largest absolute Gasteiger partial charge is 0.416 e. The van der Waals surface area contributed by atoms with Gasteiger partial charge >= 0.3 is 6.18 Å². The normalized spacial score (nSPS) is 23.4. The molecule has 2 fully saturated rings. The number of rotatable bonds is 3. The van der Waals surface area contributed by atoms with Crippen LogP contribution in [0.15, 0.2) is 24.5 Å². The summed E-state index contributed by atoms with van der Waals surface area (Å²) in [5.74, 6) is 0.544. The smallest absolute Gasteiger partial charge is 0.356 e. The molecule has 1 N–H and O–H groups in total. The zero-order valence-electron chi connectivity index (χ0n) is 15.0. The van der Waals surface area contributed by atoms with E-state index in [1.54, 1.807) is 0 Å². The predicted molar refractivity (Wildman–Crippen MR) is 98.0 cm³/mol.